The predicted molar refractivity (Wildman–Crippen MR) is 87.0 cm³/mol. The predicted octanol–water partition coefficient (Wildman–Crippen LogP) is 4.90. The van der Waals surface area contributed by atoms with Gasteiger partial charge >= 0.3 is 6.18 Å². The maximum Gasteiger partial charge on any atom is 0.416 e. The lowest BCUT2D eigenvalue weighted by Gasteiger charge is -2.09. The van der Waals surface area contributed by atoms with Gasteiger partial charge in [0.1, 0.15) is 0 Å². The van der Waals surface area contributed by atoms with Crippen LogP contribution in [0, 0.1) is 29.1 Å². The highest BCUT2D eigenvalue weighted by atomic mass is 19.4. The van der Waals surface area contributed by atoms with Gasteiger partial charge in [0.05, 0.1) is 17.7 Å². The number of halogens is 8. The number of nitrogens with one attached hydrogen (secondary N) is 1. The number of anilines is 1. The van der Waals surface area contributed by atoms with Crippen molar-refractivity contribution in [2.75, 3.05) is 5.32 Å². The molecular weight excluding hydrogens is 426 g/mol. The Bertz CT molecular complexity index is 1090. The number of aromatic nitrogens is 2. The minimum atomic E-state index is -4.66. The van der Waals surface area contributed by atoms with Crippen molar-refractivity contribution in [3.63, 3.8) is 0 Å². The number of amides is 1. The highest BCUT2D eigenvalue weighted by Gasteiger charge is 2.31. The quantitative estimate of drug-likeness (QED) is 0.360. The largest absolute Gasteiger partial charge is 0.416 e. The van der Waals surface area contributed by atoms with Gasteiger partial charge in [-0.2, -0.15) is 18.3 Å². The first-order valence-electron chi connectivity index (χ1n) is 8.01. The summed E-state index contributed by atoms with van der Waals surface area (Å²) < 4.78 is 106. The molecule has 2 aromatic carbocycles. The topological polar surface area (TPSA) is 46.9 Å². The Kier molecular flexibility index (Phi) is 5.51. The highest BCUT2D eigenvalue weighted by molar-refractivity contribution is 6.03. The van der Waals surface area contributed by atoms with Gasteiger partial charge < -0.3 is 5.32 Å². The molecule has 4 nitrogen and oxygen atoms in total. The van der Waals surface area contributed by atoms with E-state index in [0.717, 1.165) is 35.1 Å². The van der Waals surface area contributed by atoms with Crippen LogP contribution in [0.15, 0.2) is 36.5 Å². The average molecular weight is 435 g/mol. The molecule has 3 rings (SSSR count). The van der Waals surface area contributed by atoms with Crippen molar-refractivity contribution in [2.24, 2.45) is 0 Å². The molecule has 1 amide bonds. The van der Waals surface area contributed by atoms with Crippen LogP contribution < -0.4 is 5.32 Å². The second-order valence-electron chi connectivity index (χ2n) is 5.98. The van der Waals surface area contributed by atoms with Crippen molar-refractivity contribution in [1.82, 2.24) is 9.78 Å². The fourth-order valence-electron chi connectivity index (χ4n) is 2.49. The van der Waals surface area contributed by atoms with E-state index in [0.29, 0.717) is 6.07 Å². The Hall–Kier alpha value is -3.44. The molecule has 12 heteroatoms. The first kappa shape index (κ1) is 21.3. The zero-order valence-electron chi connectivity index (χ0n) is 14.5. The molecule has 0 spiro atoms. The van der Waals surface area contributed by atoms with Crippen LogP contribution in [0.2, 0.25) is 0 Å². The van der Waals surface area contributed by atoms with Crippen molar-refractivity contribution in [1.29, 1.82) is 0 Å². The Balaban J connectivity index is 1.79. The van der Waals surface area contributed by atoms with Crippen molar-refractivity contribution in [3.05, 3.63) is 82.3 Å². The molecule has 0 aliphatic carbocycles. The van der Waals surface area contributed by atoms with Crippen LogP contribution >= 0.6 is 0 Å². The van der Waals surface area contributed by atoms with Crippen LogP contribution in [-0.2, 0) is 12.7 Å². The molecule has 0 saturated carbocycles. The first-order valence-corrected chi connectivity index (χ1v) is 8.01. The van der Waals surface area contributed by atoms with Gasteiger partial charge in [0.25, 0.3) is 5.91 Å². The van der Waals surface area contributed by atoms with Gasteiger partial charge in [-0.3, -0.25) is 9.48 Å². The summed E-state index contributed by atoms with van der Waals surface area (Å²) in [7, 11) is 0. The SMILES string of the molecule is O=C(Nc1ccn(Cc2c(F)c(F)c(F)c(F)c2F)n1)c1cccc(C(F)(F)F)c1. The Morgan fingerprint density at radius 3 is 2.13 bits per heavy atom. The summed E-state index contributed by atoms with van der Waals surface area (Å²) in [5.74, 6) is -11.8. The summed E-state index contributed by atoms with van der Waals surface area (Å²) in [6, 6.07) is 4.66. The molecule has 0 saturated heterocycles. The van der Waals surface area contributed by atoms with Crippen LogP contribution in [0.5, 0.6) is 0 Å². The number of carbonyl (C=O) groups excluding carboxylic acids is 1. The highest BCUT2D eigenvalue weighted by Crippen LogP contribution is 2.29. The molecule has 1 N–H and O–H groups in total. The Morgan fingerprint density at radius 1 is 0.933 bits per heavy atom. The molecule has 30 heavy (non-hydrogen) atoms. The zero-order chi connectivity index (χ0) is 22.2. The number of benzene rings is 2. The summed E-state index contributed by atoms with van der Waals surface area (Å²) in [5.41, 5.74) is -2.53. The smallest absolute Gasteiger partial charge is 0.305 e. The Labute approximate surface area is 162 Å². The molecule has 0 atom stereocenters. The standard InChI is InChI=1S/C18H9F8N3O/c19-12-10(13(20)15(22)16(23)14(12)21)7-29-5-4-11(28-29)27-17(30)8-2-1-3-9(6-8)18(24,25)26/h1-6H,7H2,(H,27,28,30). The van der Waals surface area contributed by atoms with Crippen molar-refractivity contribution in [2.45, 2.75) is 12.7 Å². The molecular formula is C18H9F8N3O. The summed E-state index contributed by atoms with van der Waals surface area (Å²) in [4.78, 5) is 12.1. The van der Waals surface area contributed by atoms with E-state index in [1.165, 1.54) is 0 Å². The van der Waals surface area contributed by atoms with Crippen molar-refractivity contribution < 1.29 is 39.9 Å². The van der Waals surface area contributed by atoms with E-state index in [9.17, 15) is 39.9 Å². The molecule has 0 radical (unpaired) electrons. The van der Waals surface area contributed by atoms with Crippen LogP contribution in [0.1, 0.15) is 21.5 Å². The third-order valence-electron chi connectivity index (χ3n) is 3.96. The molecule has 0 unspecified atom stereocenters. The van der Waals surface area contributed by atoms with Gasteiger partial charge in [-0.05, 0) is 18.2 Å². The second-order valence-corrected chi connectivity index (χ2v) is 5.98. The lowest BCUT2D eigenvalue weighted by Crippen LogP contribution is -2.15. The number of nitrogens with zero attached hydrogens (tertiary/aromatic N) is 2. The van der Waals surface area contributed by atoms with Crippen molar-refractivity contribution in [3.8, 4) is 0 Å². The van der Waals surface area contributed by atoms with E-state index in [-0.39, 0.29) is 11.4 Å². The minimum absolute atomic E-state index is 0.221. The van der Waals surface area contributed by atoms with Gasteiger partial charge in [0.15, 0.2) is 29.1 Å². The normalized spacial score (nSPS) is 11.6. The maximum absolute atomic E-state index is 13.7. The summed E-state index contributed by atoms with van der Waals surface area (Å²) in [6.45, 7) is -0.856. The number of carbonyl (C=O) groups is 1. The van der Waals surface area contributed by atoms with Gasteiger partial charge in [-0.15, -0.1) is 0 Å². The average Bonchev–Trinajstić information content (AvgIpc) is 3.14. The van der Waals surface area contributed by atoms with Crippen LogP contribution in [0.25, 0.3) is 0 Å². The second kappa shape index (κ2) is 7.76. The van der Waals surface area contributed by atoms with Crippen LogP contribution in [0.3, 0.4) is 0 Å². The lowest BCUT2D eigenvalue weighted by atomic mass is 10.1. The maximum atomic E-state index is 13.7. The van der Waals surface area contributed by atoms with E-state index in [2.05, 4.69) is 10.4 Å². The van der Waals surface area contributed by atoms with E-state index < -0.39 is 58.8 Å². The van der Waals surface area contributed by atoms with Gasteiger partial charge in [0.2, 0.25) is 5.82 Å². The molecule has 0 aliphatic rings. The van der Waals surface area contributed by atoms with Crippen LogP contribution in [0.4, 0.5) is 40.9 Å². The van der Waals surface area contributed by atoms with Gasteiger partial charge in [-0.1, -0.05) is 6.07 Å². The number of alkyl halides is 3. The molecule has 158 valence electrons. The Morgan fingerprint density at radius 2 is 1.53 bits per heavy atom. The van der Waals surface area contributed by atoms with E-state index in [1.807, 2.05) is 0 Å². The van der Waals surface area contributed by atoms with E-state index in [4.69, 9.17) is 0 Å². The minimum Gasteiger partial charge on any atom is -0.305 e. The summed E-state index contributed by atoms with van der Waals surface area (Å²) >= 11 is 0. The van der Waals surface area contributed by atoms with E-state index in [1.54, 1.807) is 0 Å². The van der Waals surface area contributed by atoms with Crippen LogP contribution in [-0.4, -0.2) is 15.7 Å². The van der Waals surface area contributed by atoms with E-state index >= 15 is 0 Å². The third-order valence-corrected chi connectivity index (χ3v) is 3.96. The molecule has 1 aromatic heterocycles. The third kappa shape index (κ3) is 4.11. The number of hydrogen-bond acceptors (Lipinski definition) is 2. The fraction of sp³-hybridized carbons (Fsp3) is 0.111. The molecule has 0 aliphatic heterocycles. The number of hydrogen-bond donors (Lipinski definition) is 1. The fourth-order valence-corrected chi connectivity index (χ4v) is 2.49. The van der Waals surface area contributed by atoms with Gasteiger partial charge in [0, 0.05) is 17.8 Å². The molecule has 0 fully saturated rings. The summed E-state index contributed by atoms with van der Waals surface area (Å²) in [6.07, 6.45) is -3.59. The first-order chi connectivity index (χ1) is 14.0. The molecule has 1 heterocycles. The lowest BCUT2D eigenvalue weighted by molar-refractivity contribution is -0.137. The number of rotatable bonds is 4. The summed E-state index contributed by atoms with van der Waals surface area (Å²) in [5, 5.41) is 5.87. The van der Waals surface area contributed by atoms with Crippen molar-refractivity contribution >= 4 is 11.7 Å². The molecule has 0 bridgehead atoms. The monoisotopic (exact) mass is 435 g/mol. The molecule has 3 aromatic rings. The zero-order valence-corrected chi connectivity index (χ0v) is 14.5. The van der Waals surface area contributed by atoms with Gasteiger partial charge in [-0.25, -0.2) is 22.0 Å².